The van der Waals surface area contributed by atoms with Gasteiger partial charge in [0.2, 0.25) is 0 Å². The number of aliphatic hydroxyl groups excluding tert-OH is 1. The molecular weight excluding hydrogens is 199 g/mol. The van der Waals surface area contributed by atoms with E-state index in [1.165, 1.54) is 6.07 Å². The molecular formula is C7H7ClO3P+. The summed E-state index contributed by atoms with van der Waals surface area (Å²) in [7, 11) is -2.63. The van der Waals surface area contributed by atoms with Crippen molar-refractivity contribution in [1.29, 1.82) is 0 Å². The minimum atomic E-state index is -2.63. The van der Waals surface area contributed by atoms with Gasteiger partial charge in [0, 0.05) is 0 Å². The van der Waals surface area contributed by atoms with Crippen molar-refractivity contribution in [2.45, 2.75) is 5.85 Å². The second-order valence-corrected chi connectivity index (χ2v) is 3.70. The van der Waals surface area contributed by atoms with Crippen LogP contribution in [0.3, 0.4) is 0 Å². The highest BCUT2D eigenvalue weighted by Crippen LogP contribution is 2.37. The van der Waals surface area contributed by atoms with Crippen LogP contribution >= 0.6 is 19.6 Å². The van der Waals surface area contributed by atoms with Crippen molar-refractivity contribution in [2.24, 2.45) is 0 Å². The second-order valence-electron chi connectivity index (χ2n) is 2.20. The molecule has 12 heavy (non-hydrogen) atoms. The Balaban J connectivity index is 3.02. The molecule has 1 aromatic carbocycles. The number of halogens is 1. The Morgan fingerprint density at radius 2 is 2.00 bits per heavy atom. The number of aliphatic hydroxyl groups is 1. The molecule has 2 atom stereocenters. The summed E-state index contributed by atoms with van der Waals surface area (Å²) >= 11 is 5.66. The molecule has 0 heterocycles. The van der Waals surface area contributed by atoms with Crippen LogP contribution in [0.5, 0.6) is 0 Å². The van der Waals surface area contributed by atoms with Crippen LogP contribution in [0.4, 0.5) is 0 Å². The third-order valence-electron chi connectivity index (χ3n) is 1.39. The lowest BCUT2D eigenvalue weighted by molar-refractivity contribution is 0.243. The fraction of sp³-hybridized carbons (Fsp3) is 0.143. The van der Waals surface area contributed by atoms with Crippen molar-refractivity contribution in [3.8, 4) is 0 Å². The summed E-state index contributed by atoms with van der Waals surface area (Å²) in [5.41, 5.74) is 0.280. The number of benzene rings is 1. The minimum absolute atomic E-state index is 0.280. The molecule has 0 saturated heterocycles. The van der Waals surface area contributed by atoms with Crippen molar-refractivity contribution in [3.05, 3.63) is 34.9 Å². The second kappa shape index (κ2) is 3.97. The highest BCUT2D eigenvalue weighted by Gasteiger charge is 2.29. The average molecular weight is 206 g/mol. The van der Waals surface area contributed by atoms with Gasteiger partial charge in [0.05, 0.1) is 10.6 Å². The van der Waals surface area contributed by atoms with Crippen LogP contribution in [0.15, 0.2) is 24.3 Å². The summed E-state index contributed by atoms with van der Waals surface area (Å²) in [6.07, 6.45) is 0. The Labute approximate surface area is 75.5 Å². The molecule has 0 aromatic heterocycles. The van der Waals surface area contributed by atoms with Crippen LogP contribution in [-0.4, -0.2) is 10.00 Å². The Morgan fingerprint density at radius 3 is 2.50 bits per heavy atom. The lowest BCUT2D eigenvalue weighted by Crippen LogP contribution is -1.91. The zero-order valence-electron chi connectivity index (χ0n) is 6.01. The van der Waals surface area contributed by atoms with Gasteiger partial charge in [0.15, 0.2) is 0 Å². The molecule has 2 unspecified atom stereocenters. The fourth-order valence-corrected chi connectivity index (χ4v) is 1.58. The Hall–Kier alpha value is -0.470. The van der Waals surface area contributed by atoms with Crippen LogP contribution in [0.25, 0.3) is 0 Å². The Morgan fingerprint density at radius 1 is 1.42 bits per heavy atom. The molecule has 5 heteroatoms. The third kappa shape index (κ3) is 2.02. The van der Waals surface area contributed by atoms with Gasteiger partial charge in [0.1, 0.15) is 0 Å². The summed E-state index contributed by atoms with van der Waals surface area (Å²) in [6, 6.07) is 6.39. The topological polar surface area (TPSA) is 57.5 Å². The van der Waals surface area contributed by atoms with E-state index in [4.69, 9.17) is 21.6 Å². The smallest absolute Gasteiger partial charge is 0.345 e. The van der Waals surface area contributed by atoms with Crippen LogP contribution in [0.2, 0.25) is 5.02 Å². The summed E-state index contributed by atoms with van der Waals surface area (Å²) in [6.45, 7) is 0. The van der Waals surface area contributed by atoms with E-state index in [0.29, 0.717) is 5.02 Å². The van der Waals surface area contributed by atoms with Gasteiger partial charge in [-0.1, -0.05) is 29.8 Å². The predicted molar refractivity (Wildman–Crippen MR) is 46.2 cm³/mol. The maximum atomic E-state index is 10.5. The van der Waals surface area contributed by atoms with E-state index in [2.05, 4.69) is 0 Å². The third-order valence-corrected chi connectivity index (χ3v) is 2.43. The molecule has 0 aliphatic heterocycles. The van der Waals surface area contributed by atoms with E-state index < -0.39 is 13.9 Å². The molecule has 1 rings (SSSR count). The average Bonchev–Trinajstić information content (AvgIpc) is 2.04. The SMILES string of the molecule is O=[P+](O)C(O)c1ccccc1Cl. The molecule has 0 amide bonds. The summed E-state index contributed by atoms with van der Waals surface area (Å²) in [4.78, 5) is 8.60. The van der Waals surface area contributed by atoms with Crippen molar-refractivity contribution in [1.82, 2.24) is 0 Å². The van der Waals surface area contributed by atoms with Gasteiger partial charge < -0.3 is 5.11 Å². The monoisotopic (exact) mass is 205 g/mol. The molecule has 64 valence electrons. The van der Waals surface area contributed by atoms with Gasteiger partial charge in [-0.3, -0.25) is 0 Å². The normalized spacial score (nSPS) is 14.1. The highest BCUT2D eigenvalue weighted by atomic mass is 35.5. The maximum Gasteiger partial charge on any atom is 0.542 e. The zero-order chi connectivity index (χ0) is 9.14. The standard InChI is InChI=1S/C7H6ClO3P/c8-6-4-2-1-3-5(6)7(9)12(10)11/h1-4,7,9H/p+1. The lowest BCUT2D eigenvalue weighted by atomic mass is 10.2. The lowest BCUT2D eigenvalue weighted by Gasteiger charge is -1.99. The summed E-state index contributed by atoms with van der Waals surface area (Å²) in [5.74, 6) is -1.39. The van der Waals surface area contributed by atoms with Crippen LogP contribution in [-0.2, 0) is 4.57 Å². The Bertz CT molecular complexity index is 302. The van der Waals surface area contributed by atoms with Crippen molar-refractivity contribution in [3.63, 3.8) is 0 Å². The maximum absolute atomic E-state index is 10.5. The Kier molecular flexibility index (Phi) is 3.18. The molecule has 1 aromatic rings. The highest BCUT2D eigenvalue weighted by molar-refractivity contribution is 7.38. The van der Waals surface area contributed by atoms with Crippen LogP contribution in [0.1, 0.15) is 11.4 Å². The number of hydrogen-bond donors (Lipinski definition) is 2. The molecule has 3 nitrogen and oxygen atoms in total. The molecule has 0 saturated carbocycles. The van der Waals surface area contributed by atoms with Gasteiger partial charge in [-0.05, 0) is 10.6 Å². The van der Waals surface area contributed by atoms with Gasteiger partial charge in [-0.25, -0.2) is 0 Å². The summed E-state index contributed by atoms with van der Waals surface area (Å²) < 4.78 is 10.5. The molecule has 2 N–H and O–H groups in total. The first kappa shape index (κ1) is 9.62. The minimum Gasteiger partial charge on any atom is -0.345 e. The molecule has 0 aliphatic carbocycles. The van der Waals surface area contributed by atoms with Gasteiger partial charge >= 0.3 is 13.9 Å². The zero-order valence-corrected chi connectivity index (χ0v) is 7.66. The van der Waals surface area contributed by atoms with Crippen molar-refractivity contribution < 1.29 is 14.6 Å². The van der Waals surface area contributed by atoms with E-state index in [9.17, 15) is 4.57 Å². The van der Waals surface area contributed by atoms with Crippen LogP contribution in [0, 0.1) is 0 Å². The quantitative estimate of drug-likeness (QED) is 0.727. The van der Waals surface area contributed by atoms with Crippen molar-refractivity contribution in [2.75, 3.05) is 0 Å². The molecule has 0 radical (unpaired) electrons. The summed E-state index contributed by atoms with van der Waals surface area (Å²) in [5, 5.41) is 9.45. The van der Waals surface area contributed by atoms with E-state index in [0.717, 1.165) is 0 Å². The molecule has 0 bridgehead atoms. The van der Waals surface area contributed by atoms with Gasteiger partial charge in [0.25, 0.3) is 0 Å². The van der Waals surface area contributed by atoms with Gasteiger partial charge in [-0.15, -0.1) is 0 Å². The number of hydrogen-bond acceptors (Lipinski definition) is 2. The molecule has 0 aliphatic rings. The van der Waals surface area contributed by atoms with Crippen molar-refractivity contribution >= 4 is 19.6 Å². The number of rotatable bonds is 2. The molecule has 0 fully saturated rings. The first-order valence-electron chi connectivity index (χ1n) is 3.20. The van der Waals surface area contributed by atoms with E-state index >= 15 is 0 Å². The fourth-order valence-electron chi connectivity index (χ4n) is 0.803. The first-order chi connectivity index (χ1) is 5.63. The van der Waals surface area contributed by atoms with E-state index in [1.807, 2.05) is 0 Å². The van der Waals surface area contributed by atoms with Crippen LogP contribution < -0.4 is 0 Å². The van der Waals surface area contributed by atoms with E-state index in [1.54, 1.807) is 18.2 Å². The van der Waals surface area contributed by atoms with Gasteiger partial charge in [-0.2, -0.15) is 4.89 Å². The largest absolute Gasteiger partial charge is 0.542 e. The van der Waals surface area contributed by atoms with E-state index in [-0.39, 0.29) is 5.56 Å². The first-order valence-corrected chi connectivity index (χ1v) is 4.86. The predicted octanol–water partition coefficient (Wildman–Crippen LogP) is 2.07. The molecule has 0 spiro atoms.